The molecular weight excluding hydrogens is 368 g/mol. The standard InChI is InChI=1S/C22H24N2O3Si/c1-14(25)23-18-13-19(26-2)21-20(22(18)27-3)16(11-12-28(4,5)6)15-9-7-8-10-17(15)24-21/h7-10,13H,1-6H3,(H,23,25). The molecule has 1 N–H and O–H groups in total. The number of ether oxygens (including phenoxy) is 2. The van der Waals surface area contributed by atoms with Crippen molar-refractivity contribution in [3.05, 3.63) is 35.9 Å². The lowest BCUT2D eigenvalue weighted by molar-refractivity contribution is -0.114. The van der Waals surface area contributed by atoms with Gasteiger partial charge in [-0.2, -0.15) is 0 Å². The highest BCUT2D eigenvalue weighted by atomic mass is 28.3. The molecule has 0 saturated carbocycles. The van der Waals surface area contributed by atoms with E-state index in [0.29, 0.717) is 22.7 Å². The molecular formula is C22H24N2O3Si. The molecule has 0 fully saturated rings. The van der Waals surface area contributed by atoms with Crippen LogP contribution in [-0.4, -0.2) is 33.2 Å². The number of pyridine rings is 1. The van der Waals surface area contributed by atoms with E-state index in [9.17, 15) is 4.79 Å². The van der Waals surface area contributed by atoms with Crippen LogP contribution in [0.25, 0.3) is 21.8 Å². The highest BCUT2D eigenvalue weighted by Crippen LogP contribution is 2.42. The van der Waals surface area contributed by atoms with Crippen molar-refractivity contribution in [2.45, 2.75) is 26.6 Å². The molecule has 3 aromatic rings. The molecule has 5 nitrogen and oxygen atoms in total. The largest absolute Gasteiger partial charge is 0.494 e. The number of hydrogen-bond donors (Lipinski definition) is 1. The Morgan fingerprint density at radius 2 is 1.86 bits per heavy atom. The first-order chi connectivity index (χ1) is 13.2. The summed E-state index contributed by atoms with van der Waals surface area (Å²) in [6, 6.07) is 9.62. The van der Waals surface area contributed by atoms with Gasteiger partial charge in [0, 0.05) is 23.9 Å². The number of anilines is 1. The van der Waals surface area contributed by atoms with E-state index in [1.807, 2.05) is 24.3 Å². The smallest absolute Gasteiger partial charge is 0.221 e. The Labute approximate surface area is 166 Å². The molecule has 0 radical (unpaired) electrons. The molecule has 1 amide bonds. The van der Waals surface area contributed by atoms with Gasteiger partial charge in [0.1, 0.15) is 19.3 Å². The topological polar surface area (TPSA) is 60.5 Å². The van der Waals surface area contributed by atoms with Crippen LogP contribution in [0.5, 0.6) is 11.5 Å². The lowest BCUT2D eigenvalue weighted by Gasteiger charge is -2.17. The number of amides is 1. The summed E-state index contributed by atoms with van der Waals surface area (Å²) in [6.07, 6.45) is 0. The maximum atomic E-state index is 11.7. The number of nitrogens with one attached hydrogen (secondary N) is 1. The van der Waals surface area contributed by atoms with E-state index >= 15 is 0 Å². The van der Waals surface area contributed by atoms with Gasteiger partial charge < -0.3 is 14.8 Å². The first-order valence-electron chi connectivity index (χ1n) is 9.03. The molecule has 2 aromatic carbocycles. The number of para-hydroxylation sites is 1. The van der Waals surface area contributed by atoms with Gasteiger partial charge in [0.2, 0.25) is 5.91 Å². The number of carbonyl (C=O) groups excluding carboxylic acids is 1. The second-order valence-electron chi connectivity index (χ2n) is 7.57. The summed E-state index contributed by atoms with van der Waals surface area (Å²) >= 11 is 0. The number of benzene rings is 2. The van der Waals surface area contributed by atoms with Crippen LogP contribution in [0.3, 0.4) is 0 Å². The molecule has 144 valence electrons. The predicted molar refractivity (Wildman–Crippen MR) is 117 cm³/mol. The lowest BCUT2D eigenvalue weighted by atomic mass is 10.0. The Kier molecular flexibility index (Phi) is 5.30. The van der Waals surface area contributed by atoms with E-state index in [1.165, 1.54) is 6.92 Å². The summed E-state index contributed by atoms with van der Waals surface area (Å²) in [7, 11) is 1.54. The van der Waals surface area contributed by atoms with E-state index in [2.05, 4.69) is 36.4 Å². The van der Waals surface area contributed by atoms with Crippen LogP contribution in [0.1, 0.15) is 12.5 Å². The predicted octanol–water partition coefficient (Wildman–Crippen LogP) is 4.59. The van der Waals surface area contributed by atoms with Crippen molar-refractivity contribution in [2.75, 3.05) is 19.5 Å². The molecule has 1 heterocycles. The summed E-state index contributed by atoms with van der Waals surface area (Å²) in [5.41, 5.74) is 6.32. The van der Waals surface area contributed by atoms with E-state index in [0.717, 1.165) is 21.9 Å². The molecule has 1 aromatic heterocycles. The van der Waals surface area contributed by atoms with Gasteiger partial charge >= 0.3 is 0 Å². The molecule has 3 rings (SSSR count). The van der Waals surface area contributed by atoms with Gasteiger partial charge in [-0.25, -0.2) is 4.98 Å². The zero-order valence-electron chi connectivity index (χ0n) is 17.1. The summed E-state index contributed by atoms with van der Waals surface area (Å²) in [6.45, 7) is 8.06. The van der Waals surface area contributed by atoms with Crippen molar-refractivity contribution in [1.29, 1.82) is 0 Å². The third-order valence-electron chi connectivity index (χ3n) is 4.17. The van der Waals surface area contributed by atoms with Gasteiger partial charge in [-0.15, -0.1) is 5.54 Å². The van der Waals surface area contributed by atoms with Crippen LogP contribution in [0.4, 0.5) is 5.69 Å². The van der Waals surface area contributed by atoms with Gasteiger partial charge in [0.25, 0.3) is 0 Å². The molecule has 0 aliphatic carbocycles. The van der Waals surface area contributed by atoms with Gasteiger partial charge in [0.15, 0.2) is 5.75 Å². The van der Waals surface area contributed by atoms with Gasteiger partial charge in [-0.1, -0.05) is 43.8 Å². The summed E-state index contributed by atoms with van der Waals surface area (Å²) in [5, 5.41) is 4.52. The Morgan fingerprint density at radius 1 is 1.14 bits per heavy atom. The molecule has 0 atom stereocenters. The first-order valence-corrected chi connectivity index (χ1v) is 12.5. The zero-order chi connectivity index (χ0) is 20.5. The molecule has 0 spiro atoms. The van der Waals surface area contributed by atoms with Crippen molar-refractivity contribution >= 4 is 41.5 Å². The number of nitrogens with zero attached hydrogens (tertiary/aromatic N) is 1. The quantitative estimate of drug-likeness (QED) is 0.402. The van der Waals surface area contributed by atoms with Gasteiger partial charge in [-0.3, -0.25) is 4.79 Å². The molecule has 0 saturated heterocycles. The highest BCUT2D eigenvalue weighted by molar-refractivity contribution is 6.83. The second kappa shape index (κ2) is 7.53. The minimum absolute atomic E-state index is 0.191. The Morgan fingerprint density at radius 3 is 2.46 bits per heavy atom. The van der Waals surface area contributed by atoms with Crippen molar-refractivity contribution in [3.63, 3.8) is 0 Å². The maximum absolute atomic E-state index is 11.7. The van der Waals surface area contributed by atoms with Crippen molar-refractivity contribution < 1.29 is 14.3 Å². The number of rotatable bonds is 3. The summed E-state index contributed by atoms with van der Waals surface area (Å²) in [5.74, 6) is 4.30. The molecule has 0 bridgehead atoms. The maximum Gasteiger partial charge on any atom is 0.221 e. The molecule has 28 heavy (non-hydrogen) atoms. The minimum Gasteiger partial charge on any atom is -0.494 e. The van der Waals surface area contributed by atoms with Crippen molar-refractivity contribution in [2.24, 2.45) is 0 Å². The number of hydrogen-bond acceptors (Lipinski definition) is 4. The normalized spacial score (nSPS) is 11.1. The molecule has 0 aliphatic heterocycles. The number of fused-ring (bicyclic) bond motifs is 2. The van der Waals surface area contributed by atoms with Gasteiger partial charge in [-0.05, 0) is 6.07 Å². The summed E-state index contributed by atoms with van der Waals surface area (Å²) < 4.78 is 11.3. The van der Waals surface area contributed by atoms with Crippen LogP contribution in [0.15, 0.2) is 30.3 Å². The lowest BCUT2D eigenvalue weighted by Crippen LogP contribution is -2.16. The summed E-state index contributed by atoms with van der Waals surface area (Å²) in [4.78, 5) is 16.5. The fourth-order valence-electron chi connectivity index (χ4n) is 3.04. The van der Waals surface area contributed by atoms with Crippen LogP contribution in [0.2, 0.25) is 19.6 Å². The second-order valence-corrected chi connectivity index (χ2v) is 12.3. The molecule has 0 aliphatic rings. The average Bonchev–Trinajstić information content (AvgIpc) is 2.63. The van der Waals surface area contributed by atoms with Crippen molar-refractivity contribution in [1.82, 2.24) is 4.98 Å². The van der Waals surface area contributed by atoms with E-state index in [-0.39, 0.29) is 5.91 Å². The van der Waals surface area contributed by atoms with Crippen LogP contribution >= 0.6 is 0 Å². The van der Waals surface area contributed by atoms with E-state index in [4.69, 9.17) is 14.5 Å². The SMILES string of the molecule is COc1cc(NC(C)=O)c(OC)c2c(C#C[Si](C)(C)C)c3ccccc3nc12. The van der Waals surface area contributed by atoms with Gasteiger partial charge in [0.05, 0.1) is 30.8 Å². The number of carbonyl (C=O) groups is 1. The highest BCUT2D eigenvalue weighted by Gasteiger charge is 2.21. The molecule has 0 unspecified atom stereocenters. The molecule has 6 heteroatoms. The van der Waals surface area contributed by atoms with Crippen LogP contribution < -0.4 is 14.8 Å². The third kappa shape index (κ3) is 3.80. The fourth-order valence-corrected chi connectivity index (χ4v) is 3.54. The average molecular weight is 393 g/mol. The van der Waals surface area contributed by atoms with Crippen LogP contribution in [-0.2, 0) is 4.79 Å². The van der Waals surface area contributed by atoms with E-state index < -0.39 is 8.07 Å². The van der Waals surface area contributed by atoms with Crippen LogP contribution in [0, 0.1) is 11.5 Å². The van der Waals surface area contributed by atoms with E-state index in [1.54, 1.807) is 20.3 Å². The monoisotopic (exact) mass is 392 g/mol. The minimum atomic E-state index is -1.63. The zero-order valence-corrected chi connectivity index (χ0v) is 18.1. The Bertz CT molecular complexity index is 1140. The third-order valence-corrected chi connectivity index (χ3v) is 5.05. The van der Waals surface area contributed by atoms with Crippen molar-refractivity contribution in [3.8, 4) is 23.0 Å². The fraction of sp³-hybridized carbons (Fsp3) is 0.273. The Balaban J connectivity index is 2.55. The Hall–Kier alpha value is -3.04. The number of methoxy groups -OCH3 is 2. The first kappa shape index (κ1) is 19.7. The number of aromatic nitrogens is 1.